The first-order chi connectivity index (χ1) is 12.4. The van der Waals surface area contributed by atoms with Crippen LogP contribution in [0.25, 0.3) is 5.57 Å². The smallest absolute Gasteiger partial charge is 0.256 e. The molecule has 0 saturated carbocycles. The standard InChI is InChI=1S/C20H24N4O2/c1-6-18-15(4)20(26)24(12-23-18)11-14(3)8-17(19(25)21-5)16-7-13(2)9-22-10-16/h7-10,12H,3,6,11H2,1-2,4-5H3,(H,21,25)/b17-8-. The second-order valence-electron chi connectivity index (χ2n) is 6.15. The normalized spacial score (nSPS) is 11.3. The fraction of sp³-hybridized carbons (Fsp3) is 0.300. The van der Waals surface area contributed by atoms with E-state index in [1.807, 2.05) is 19.9 Å². The van der Waals surface area contributed by atoms with Gasteiger partial charge in [-0.1, -0.05) is 13.5 Å². The third-order valence-electron chi connectivity index (χ3n) is 4.08. The molecule has 0 unspecified atom stereocenters. The lowest BCUT2D eigenvalue weighted by molar-refractivity contribution is -0.115. The van der Waals surface area contributed by atoms with Crippen molar-refractivity contribution in [2.24, 2.45) is 0 Å². The van der Waals surface area contributed by atoms with E-state index in [0.717, 1.165) is 11.3 Å². The Morgan fingerprint density at radius 1 is 1.35 bits per heavy atom. The number of hydrogen-bond donors (Lipinski definition) is 1. The van der Waals surface area contributed by atoms with Crippen molar-refractivity contribution in [1.82, 2.24) is 19.9 Å². The second kappa shape index (κ2) is 8.38. The van der Waals surface area contributed by atoms with Gasteiger partial charge in [0.2, 0.25) is 0 Å². The van der Waals surface area contributed by atoms with Gasteiger partial charge in [0.1, 0.15) is 0 Å². The highest BCUT2D eigenvalue weighted by Crippen LogP contribution is 2.17. The molecule has 0 bridgehead atoms. The highest BCUT2D eigenvalue weighted by atomic mass is 16.1. The SMILES string of the molecule is C=C(/C=C(\C(=O)NC)c1cncc(C)c1)Cn1cnc(CC)c(C)c1=O. The first kappa shape index (κ1) is 19.3. The summed E-state index contributed by atoms with van der Waals surface area (Å²) in [7, 11) is 1.57. The van der Waals surface area contributed by atoms with Crippen molar-refractivity contribution in [3.63, 3.8) is 0 Å². The average Bonchev–Trinajstić information content (AvgIpc) is 2.63. The van der Waals surface area contributed by atoms with E-state index < -0.39 is 0 Å². The first-order valence-corrected chi connectivity index (χ1v) is 8.45. The summed E-state index contributed by atoms with van der Waals surface area (Å²) in [5, 5.41) is 2.63. The van der Waals surface area contributed by atoms with Gasteiger partial charge in [-0.2, -0.15) is 0 Å². The molecule has 26 heavy (non-hydrogen) atoms. The van der Waals surface area contributed by atoms with Crippen LogP contribution in [0.1, 0.15) is 29.3 Å². The molecule has 2 rings (SSSR count). The lowest BCUT2D eigenvalue weighted by Gasteiger charge is -2.11. The van der Waals surface area contributed by atoms with Gasteiger partial charge in [0.25, 0.3) is 11.5 Å². The largest absolute Gasteiger partial charge is 0.355 e. The molecule has 0 atom stereocenters. The van der Waals surface area contributed by atoms with Crippen molar-refractivity contribution >= 4 is 11.5 Å². The molecule has 1 N–H and O–H groups in total. The quantitative estimate of drug-likeness (QED) is 0.639. The molecule has 0 fully saturated rings. The number of pyridine rings is 1. The predicted molar refractivity (Wildman–Crippen MR) is 103 cm³/mol. The van der Waals surface area contributed by atoms with Crippen LogP contribution in [0.3, 0.4) is 0 Å². The van der Waals surface area contributed by atoms with E-state index in [-0.39, 0.29) is 18.0 Å². The summed E-state index contributed by atoms with van der Waals surface area (Å²) in [6.07, 6.45) is 7.29. The molecule has 136 valence electrons. The van der Waals surface area contributed by atoms with Crippen LogP contribution >= 0.6 is 0 Å². The van der Waals surface area contributed by atoms with E-state index in [9.17, 15) is 9.59 Å². The zero-order valence-electron chi connectivity index (χ0n) is 15.7. The van der Waals surface area contributed by atoms with E-state index in [4.69, 9.17) is 0 Å². The molecule has 2 aromatic heterocycles. The number of carbonyl (C=O) groups is 1. The third kappa shape index (κ3) is 4.33. The van der Waals surface area contributed by atoms with Gasteiger partial charge in [0.15, 0.2) is 0 Å². The summed E-state index contributed by atoms with van der Waals surface area (Å²) in [5.41, 5.74) is 4.08. The van der Waals surface area contributed by atoms with Crippen LogP contribution in [0.15, 0.2) is 47.8 Å². The molecule has 1 amide bonds. The van der Waals surface area contributed by atoms with Crippen molar-refractivity contribution in [2.45, 2.75) is 33.7 Å². The number of likely N-dealkylation sites (N-methyl/N-ethyl adjacent to an activating group) is 1. The van der Waals surface area contributed by atoms with Crippen LogP contribution < -0.4 is 10.9 Å². The second-order valence-corrected chi connectivity index (χ2v) is 6.15. The minimum absolute atomic E-state index is 0.0925. The van der Waals surface area contributed by atoms with Crippen LogP contribution in [0.2, 0.25) is 0 Å². The lowest BCUT2D eigenvalue weighted by Crippen LogP contribution is -2.25. The Labute approximate surface area is 153 Å². The van der Waals surface area contributed by atoms with Crippen molar-refractivity contribution in [3.05, 3.63) is 75.8 Å². The number of allylic oxidation sites excluding steroid dienone is 2. The van der Waals surface area contributed by atoms with E-state index in [1.165, 1.54) is 10.9 Å². The van der Waals surface area contributed by atoms with Gasteiger partial charge < -0.3 is 5.32 Å². The van der Waals surface area contributed by atoms with Crippen LogP contribution in [0, 0.1) is 13.8 Å². The topological polar surface area (TPSA) is 76.9 Å². The van der Waals surface area contributed by atoms with Gasteiger partial charge in [-0.25, -0.2) is 4.98 Å². The minimum atomic E-state index is -0.235. The maximum atomic E-state index is 12.4. The molecule has 0 aliphatic carbocycles. The van der Waals surface area contributed by atoms with Gasteiger partial charge in [-0.3, -0.25) is 19.1 Å². The summed E-state index contributed by atoms with van der Waals surface area (Å²) in [4.78, 5) is 33.2. The minimum Gasteiger partial charge on any atom is -0.355 e. The molecule has 2 heterocycles. The molecule has 0 aliphatic heterocycles. The van der Waals surface area contributed by atoms with E-state index in [0.29, 0.717) is 28.7 Å². The van der Waals surface area contributed by atoms with Crippen molar-refractivity contribution < 1.29 is 4.79 Å². The number of hydrogen-bond acceptors (Lipinski definition) is 4. The Balaban J connectivity index is 2.36. The van der Waals surface area contributed by atoms with Gasteiger partial charge in [-0.15, -0.1) is 0 Å². The fourth-order valence-electron chi connectivity index (χ4n) is 2.68. The number of nitrogens with zero attached hydrogens (tertiary/aromatic N) is 3. The lowest BCUT2D eigenvalue weighted by atomic mass is 10.0. The number of rotatable bonds is 6. The van der Waals surface area contributed by atoms with Crippen molar-refractivity contribution in [3.8, 4) is 0 Å². The molecule has 0 aliphatic rings. The van der Waals surface area contributed by atoms with Crippen molar-refractivity contribution in [1.29, 1.82) is 0 Å². The molecule has 0 radical (unpaired) electrons. The molecule has 0 aromatic carbocycles. The van der Waals surface area contributed by atoms with E-state index in [1.54, 1.807) is 32.4 Å². The van der Waals surface area contributed by atoms with Crippen molar-refractivity contribution in [2.75, 3.05) is 7.05 Å². The van der Waals surface area contributed by atoms with E-state index in [2.05, 4.69) is 21.9 Å². The van der Waals surface area contributed by atoms with Crippen LogP contribution in [0.5, 0.6) is 0 Å². The Morgan fingerprint density at radius 3 is 2.69 bits per heavy atom. The van der Waals surface area contributed by atoms with Gasteiger partial charge in [0, 0.05) is 36.1 Å². The van der Waals surface area contributed by atoms with Gasteiger partial charge in [0.05, 0.1) is 18.6 Å². The first-order valence-electron chi connectivity index (χ1n) is 8.45. The molecular weight excluding hydrogens is 328 g/mol. The summed E-state index contributed by atoms with van der Waals surface area (Å²) >= 11 is 0. The summed E-state index contributed by atoms with van der Waals surface area (Å²) < 4.78 is 1.50. The highest BCUT2D eigenvalue weighted by Gasteiger charge is 2.12. The Hall–Kier alpha value is -3.02. The Morgan fingerprint density at radius 2 is 2.08 bits per heavy atom. The number of nitrogens with one attached hydrogen (secondary N) is 1. The number of aromatic nitrogens is 3. The summed E-state index contributed by atoms with van der Waals surface area (Å²) in [6, 6.07) is 1.88. The fourth-order valence-corrected chi connectivity index (χ4v) is 2.68. The van der Waals surface area contributed by atoms with E-state index >= 15 is 0 Å². The molecule has 2 aromatic rings. The summed E-state index contributed by atoms with van der Waals surface area (Å²) in [5.74, 6) is -0.235. The van der Waals surface area contributed by atoms with Gasteiger partial charge in [-0.05, 0) is 43.5 Å². The third-order valence-corrected chi connectivity index (χ3v) is 4.08. The summed E-state index contributed by atoms with van der Waals surface area (Å²) in [6.45, 7) is 9.92. The molecule has 6 heteroatoms. The average molecular weight is 352 g/mol. The number of carbonyl (C=O) groups excluding carboxylic acids is 1. The maximum absolute atomic E-state index is 12.4. The predicted octanol–water partition coefficient (Wildman–Crippen LogP) is 2.20. The zero-order chi connectivity index (χ0) is 19.3. The number of amides is 1. The molecular formula is C20H24N4O2. The number of aryl methyl sites for hydroxylation is 2. The monoisotopic (exact) mass is 352 g/mol. The molecule has 0 saturated heterocycles. The maximum Gasteiger partial charge on any atom is 0.256 e. The Bertz CT molecular complexity index is 926. The molecule has 0 spiro atoms. The van der Waals surface area contributed by atoms with Gasteiger partial charge >= 0.3 is 0 Å². The molecule has 6 nitrogen and oxygen atoms in total. The van der Waals surface area contributed by atoms with Crippen LogP contribution in [-0.4, -0.2) is 27.5 Å². The highest BCUT2D eigenvalue weighted by molar-refractivity contribution is 6.19. The van der Waals surface area contributed by atoms with Crippen LogP contribution in [0.4, 0.5) is 0 Å². The van der Waals surface area contributed by atoms with Crippen LogP contribution in [-0.2, 0) is 17.8 Å². The zero-order valence-corrected chi connectivity index (χ0v) is 15.7. The Kier molecular flexibility index (Phi) is 6.22.